The Balaban J connectivity index is 1.51. The van der Waals surface area contributed by atoms with E-state index in [-0.39, 0.29) is 35.1 Å². The maximum atomic E-state index is 13.1. The number of carbonyl (C=O) groups excluding carboxylic acids is 2. The van der Waals surface area contributed by atoms with Gasteiger partial charge in [-0.05, 0) is 28.1 Å². The van der Waals surface area contributed by atoms with Crippen LogP contribution in [0.2, 0.25) is 0 Å². The van der Waals surface area contributed by atoms with Crippen LogP contribution in [0.3, 0.4) is 0 Å². The van der Waals surface area contributed by atoms with Gasteiger partial charge in [0.25, 0.3) is 0 Å². The maximum Gasteiger partial charge on any atom is 0.223 e. The SMILES string of the molecule is CC(C)(C)CC(=O)N1CC2[C@@H]([C@H]1CC(=O)NC(C#N)c1cncc3ccccc13)C2(C)C. The van der Waals surface area contributed by atoms with Gasteiger partial charge in [0.1, 0.15) is 6.04 Å². The third-order valence-corrected chi connectivity index (χ3v) is 7.19. The molecule has 2 aliphatic rings. The van der Waals surface area contributed by atoms with Gasteiger partial charge in [-0.3, -0.25) is 14.6 Å². The molecule has 1 aromatic carbocycles. The van der Waals surface area contributed by atoms with E-state index >= 15 is 0 Å². The molecule has 1 saturated carbocycles. The first-order valence-corrected chi connectivity index (χ1v) is 11.3. The molecule has 4 atom stereocenters. The minimum Gasteiger partial charge on any atom is -0.339 e. The minimum atomic E-state index is -0.788. The van der Waals surface area contributed by atoms with Crippen LogP contribution in [-0.4, -0.2) is 34.3 Å². The minimum absolute atomic E-state index is 0.0978. The van der Waals surface area contributed by atoms with Crippen LogP contribution in [0.4, 0.5) is 0 Å². The van der Waals surface area contributed by atoms with Gasteiger partial charge < -0.3 is 10.2 Å². The van der Waals surface area contributed by atoms with Gasteiger partial charge in [0, 0.05) is 48.8 Å². The van der Waals surface area contributed by atoms with Gasteiger partial charge in [-0.1, -0.05) is 58.9 Å². The molecule has 6 nitrogen and oxygen atoms in total. The molecule has 6 heteroatoms. The number of pyridine rings is 1. The average Bonchev–Trinajstić information content (AvgIpc) is 3.05. The van der Waals surface area contributed by atoms with E-state index in [0.717, 1.165) is 17.3 Å². The number of rotatable bonds is 5. The van der Waals surface area contributed by atoms with E-state index in [2.05, 4.69) is 51.0 Å². The predicted octanol–water partition coefficient (Wildman–Crippen LogP) is 4.22. The lowest BCUT2D eigenvalue weighted by molar-refractivity contribution is -0.136. The van der Waals surface area contributed by atoms with Crippen LogP contribution >= 0.6 is 0 Å². The predicted molar refractivity (Wildman–Crippen MR) is 123 cm³/mol. The van der Waals surface area contributed by atoms with Crippen LogP contribution < -0.4 is 5.32 Å². The number of hydrogen-bond acceptors (Lipinski definition) is 4. The molecule has 0 bridgehead atoms. The molecule has 2 unspecified atom stereocenters. The summed E-state index contributed by atoms with van der Waals surface area (Å²) in [4.78, 5) is 32.3. The summed E-state index contributed by atoms with van der Waals surface area (Å²) >= 11 is 0. The monoisotopic (exact) mass is 432 g/mol. The van der Waals surface area contributed by atoms with Crippen LogP contribution in [0.15, 0.2) is 36.7 Å². The number of nitriles is 1. The highest BCUT2D eigenvalue weighted by atomic mass is 16.2. The summed E-state index contributed by atoms with van der Waals surface area (Å²) < 4.78 is 0. The van der Waals surface area contributed by atoms with Crippen LogP contribution in [0.5, 0.6) is 0 Å². The van der Waals surface area contributed by atoms with Crippen molar-refractivity contribution in [2.75, 3.05) is 6.54 Å². The van der Waals surface area contributed by atoms with E-state index in [4.69, 9.17) is 0 Å². The zero-order chi connectivity index (χ0) is 23.3. The Kier molecular flexibility index (Phi) is 5.48. The molecule has 32 heavy (non-hydrogen) atoms. The molecule has 0 spiro atoms. The highest BCUT2D eigenvalue weighted by molar-refractivity contribution is 5.87. The van der Waals surface area contributed by atoms with Crippen molar-refractivity contribution in [2.24, 2.45) is 22.7 Å². The zero-order valence-electron chi connectivity index (χ0n) is 19.6. The van der Waals surface area contributed by atoms with Crippen LogP contribution in [-0.2, 0) is 9.59 Å². The number of piperidine rings is 1. The normalized spacial score (nSPS) is 24.5. The molecule has 1 saturated heterocycles. The summed E-state index contributed by atoms with van der Waals surface area (Å²) in [6.45, 7) is 11.3. The first-order valence-electron chi connectivity index (χ1n) is 11.3. The molecule has 1 aliphatic heterocycles. The Labute approximate surface area is 190 Å². The molecule has 2 aromatic rings. The Hall–Kier alpha value is -2.94. The molecular weight excluding hydrogens is 400 g/mol. The lowest BCUT2D eigenvalue weighted by atomic mass is 9.90. The number of amides is 2. The van der Waals surface area contributed by atoms with Gasteiger partial charge in [0.15, 0.2) is 0 Å². The third kappa shape index (κ3) is 4.09. The number of fused-ring (bicyclic) bond motifs is 2. The molecule has 0 radical (unpaired) electrons. The quantitative estimate of drug-likeness (QED) is 0.766. The molecule has 2 amide bonds. The van der Waals surface area contributed by atoms with Crippen molar-refractivity contribution >= 4 is 22.6 Å². The van der Waals surface area contributed by atoms with E-state index in [0.29, 0.717) is 23.8 Å². The fourth-order valence-electron chi connectivity index (χ4n) is 5.48. The number of nitrogens with zero attached hydrogens (tertiary/aromatic N) is 3. The molecule has 1 aromatic heterocycles. The molecule has 4 rings (SSSR count). The number of carbonyl (C=O) groups is 2. The second-order valence-electron chi connectivity index (χ2n) is 11.1. The van der Waals surface area contributed by atoms with Crippen LogP contribution in [0, 0.1) is 34.0 Å². The number of hydrogen-bond donors (Lipinski definition) is 1. The first kappa shape index (κ1) is 22.3. The van der Waals surface area contributed by atoms with E-state index in [1.54, 1.807) is 12.4 Å². The van der Waals surface area contributed by atoms with Crippen molar-refractivity contribution in [3.8, 4) is 6.07 Å². The third-order valence-electron chi connectivity index (χ3n) is 7.19. The van der Waals surface area contributed by atoms with Crippen LogP contribution in [0.1, 0.15) is 59.1 Å². The first-order chi connectivity index (χ1) is 15.0. The van der Waals surface area contributed by atoms with Crippen LogP contribution in [0.25, 0.3) is 10.8 Å². The van der Waals surface area contributed by atoms with Crippen molar-refractivity contribution in [1.29, 1.82) is 5.26 Å². The standard InChI is InChI=1S/C26H32N4O2/c1-25(2,3)11-23(32)30-15-19-24(26(19,4)5)21(30)10-22(31)29-20(12-27)18-14-28-13-16-8-6-7-9-17(16)18/h6-9,13-14,19-21,24H,10-11,15H2,1-5H3,(H,29,31)/t19?,20?,21-,24+/m1/s1. The zero-order valence-corrected chi connectivity index (χ0v) is 19.6. The Morgan fingerprint density at radius 1 is 1.28 bits per heavy atom. The summed E-state index contributed by atoms with van der Waals surface area (Å²) in [5.41, 5.74) is 0.743. The molecular formula is C26H32N4O2. The van der Waals surface area contributed by atoms with Gasteiger partial charge >= 0.3 is 0 Å². The average molecular weight is 433 g/mol. The lowest BCUT2D eigenvalue weighted by Crippen LogP contribution is -2.44. The van der Waals surface area contributed by atoms with Gasteiger partial charge in [-0.15, -0.1) is 0 Å². The number of benzene rings is 1. The van der Waals surface area contributed by atoms with Crippen molar-refractivity contribution in [3.05, 3.63) is 42.2 Å². The van der Waals surface area contributed by atoms with Gasteiger partial charge in [-0.2, -0.15) is 5.26 Å². The Morgan fingerprint density at radius 3 is 2.69 bits per heavy atom. The van der Waals surface area contributed by atoms with Gasteiger partial charge in [0.2, 0.25) is 11.8 Å². The summed E-state index contributed by atoms with van der Waals surface area (Å²) in [7, 11) is 0. The Morgan fingerprint density at radius 2 is 2.00 bits per heavy atom. The Bertz CT molecular complexity index is 1090. The van der Waals surface area contributed by atoms with Crippen molar-refractivity contribution in [3.63, 3.8) is 0 Å². The van der Waals surface area contributed by atoms with Crippen molar-refractivity contribution in [2.45, 2.75) is 59.5 Å². The summed E-state index contributed by atoms with van der Waals surface area (Å²) in [5, 5.41) is 14.5. The molecule has 2 heterocycles. The van der Waals surface area contributed by atoms with Crippen molar-refractivity contribution < 1.29 is 9.59 Å². The van der Waals surface area contributed by atoms with Crippen molar-refractivity contribution in [1.82, 2.24) is 15.2 Å². The number of nitrogens with one attached hydrogen (secondary N) is 1. The summed E-state index contributed by atoms with van der Waals surface area (Å²) in [5.74, 6) is 0.690. The second-order valence-corrected chi connectivity index (χ2v) is 11.1. The summed E-state index contributed by atoms with van der Waals surface area (Å²) in [6.07, 6.45) is 4.08. The fraction of sp³-hybridized carbons (Fsp3) is 0.538. The van der Waals surface area contributed by atoms with E-state index in [1.807, 2.05) is 29.2 Å². The van der Waals surface area contributed by atoms with E-state index in [1.165, 1.54) is 0 Å². The van der Waals surface area contributed by atoms with Gasteiger partial charge in [-0.25, -0.2) is 0 Å². The maximum absolute atomic E-state index is 13.1. The highest BCUT2D eigenvalue weighted by Gasteiger charge is 2.67. The van der Waals surface area contributed by atoms with E-state index < -0.39 is 6.04 Å². The molecule has 1 N–H and O–H groups in total. The largest absolute Gasteiger partial charge is 0.339 e. The summed E-state index contributed by atoms with van der Waals surface area (Å²) in [6, 6.07) is 9.02. The van der Waals surface area contributed by atoms with E-state index in [9.17, 15) is 14.9 Å². The molecule has 2 fully saturated rings. The molecule has 168 valence electrons. The molecule has 1 aliphatic carbocycles. The topological polar surface area (TPSA) is 86.1 Å². The number of aromatic nitrogens is 1. The highest BCUT2D eigenvalue weighted by Crippen LogP contribution is 2.65. The second kappa shape index (κ2) is 7.88. The smallest absolute Gasteiger partial charge is 0.223 e. The fourth-order valence-corrected chi connectivity index (χ4v) is 5.48. The lowest BCUT2D eigenvalue weighted by Gasteiger charge is -2.33. The van der Waals surface area contributed by atoms with Gasteiger partial charge in [0.05, 0.1) is 6.07 Å². The number of likely N-dealkylation sites (tertiary alicyclic amines) is 1.